The molecule has 4 heterocycles. The van der Waals surface area contributed by atoms with E-state index >= 15 is 0 Å². The summed E-state index contributed by atoms with van der Waals surface area (Å²) in [5.74, 6) is -0.375. The topological polar surface area (TPSA) is 72.6 Å². The number of aromatic nitrogens is 3. The molecule has 3 aliphatic rings. The van der Waals surface area contributed by atoms with Gasteiger partial charge in [0.05, 0.1) is 37.3 Å². The first-order chi connectivity index (χ1) is 18.6. The van der Waals surface area contributed by atoms with Crippen LogP contribution in [0.5, 0.6) is 5.88 Å². The number of fused-ring (bicyclic) bond motifs is 1. The van der Waals surface area contributed by atoms with Crippen molar-refractivity contribution in [3.63, 3.8) is 0 Å². The van der Waals surface area contributed by atoms with E-state index in [1.807, 2.05) is 9.47 Å². The van der Waals surface area contributed by atoms with Crippen LogP contribution in [0.3, 0.4) is 0 Å². The molecule has 2 aliphatic heterocycles. The van der Waals surface area contributed by atoms with Crippen LogP contribution in [-0.4, -0.2) is 62.0 Å². The van der Waals surface area contributed by atoms with Crippen LogP contribution >= 0.6 is 23.2 Å². The molecule has 1 saturated heterocycles. The average Bonchev–Trinajstić information content (AvgIpc) is 3.14. The first-order valence-corrected chi connectivity index (χ1v) is 14.1. The van der Waals surface area contributed by atoms with Crippen LogP contribution in [0.2, 0.25) is 5.15 Å². The maximum atomic E-state index is 14.4. The zero-order valence-corrected chi connectivity index (χ0v) is 22.9. The molecule has 0 radical (unpaired) electrons. The Hall–Kier alpha value is -1.66. The summed E-state index contributed by atoms with van der Waals surface area (Å²) in [5.41, 5.74) is 0.585. The first kappa shape index (κ1) is 28.9. The van der Waals surface area contributed by atoms with Crippen molar-refractivity contribution in [3.05, 3.63) is 39.6 Å². The molecule has 3 unspecified atom stereocenters. The third-order valence-corrected chi connectivity index (χ3v) is 8.59. The Kier molecular flexibility index (Phi) is 8.92. The zero-order valence-electron chi connectivity index (χ0n) is 21.4. The molecule has 5 rings (SSSR count). The molecule has 7 nitrogen and oxygen atoms in total. The summed E-state index contributed by atoms with van der Waals surface area (Å²) in [6.07, 6.45) is -2.35. The maximum absolute atomic E-state index is 14.4. The van der Waals surface area contributed by atoms with E-state index in [0.717, 1.165) is 25.5 Å². The lowest BCUT2D eigenvalue weighted by molar-refractivity contribution is -0.139. The molecule has 0 spiro atoms. The molecular formula is C26H32Cl2F4N4O3. The summed E-state index contributed by atoms with van der Waals surface area (Å²) < 4.78 is 69.0. The summed E-state index contributed by atoms with van der Waals surface area (Å²) >= 11 is 12.3. The van der Waals surface area contributed by atoms with Gasteiger partial charge in [-0.1, -0.05) is 11.6 Å². The second-order valence-corrected chi connectivity index (χ2v) is 11.5. The van der Waals surface area contributed by atoms with Gasteiger partial charge in [-0.25, -0.2) is 14.4 Å². The van der Waals surface area contributed by atoms with Crippen molar-refractivity contribution in [2.24, 2.45) is 5.92 Å². The Labute approximate surface area is 234 Å². The number of ether oxygens (including phenoxy) is 2. The molecule has 0 amide bonds. The number of rotatable bonds is 9. The molecule has 13 heteroatoms. The van der Waals surface area contributed by atoms with E-state index in [2.05, 4.69) is 9.97 Å². The molecule has 1 saturated carbocycles. The molecule has 2 fully saturated rings. The smallest absolute Gasteiger partial charge is 0.421 e. The average molecular weight is 595 g/mol. The number of hydrogen-bond donors (Lipinski definition) is 1. The fourth-order valence-electron chi connectivity index (χ4n) is 5.47. The van der Waals surface area contributed by atoms with Crippen molar-refractivity contribution in [3.8, 4) is 5.88 Å². The monoisotopic (exact) mass is 594 g/mol. The van der Waals surface area contributed by atoms with E-state index in [1.54, 1.807) is 0 Å². The Balaban J connectivity index is 1.32. The van der Waals surface area contributed by atoms with E-state index in [1.165, 1.54) is 0 Å². The van der Waals surface area contributed by atoms with Crippen molar-refractivity contribution >= 4 is 23.2 Å². The highest BCUT2D eigenvalue weighted by molar-refractivity contribution is 6.30. The normalized spacial score (nSPS) is 25.8. The van der Waals surface area contributed by atoms with Gasteiger partial charge >= 0.3 is 6.18 Å². The fraction of sp³-hybridized carbons (Fsp3) is 0.692. The van der Waals surface area contributed by atoms with Crippen molar-refractivity contribution in [2.75, 3.05) is 19.8 Å². The SMILES string of the molecule is OCc1c(Cl)nc(CN2CCc3cc(C(F)(F)F)c(OCC4CCC(Cl)CC4F)nc3C2)n1CC[C@@H]1CCO1. The van der Waals surface area contributed by atoms with Crippen LogP contribution in [0.1, 0.15) is 60.4 Å². The largest absolute Gasteiger partial charge is 0.477 e. The molecule has 39 heavy (non-hydrogen) atoms. The maximum Gasteiger partial charge on any atom is 0.421 e. The minimum atomic E-state index is -4.65. The highest BCUT2D eigenvalue weighted by atomic mass is 35.5. The first-order valence-electron chi connectivity index (χ1n) is 13.3. The quantitative estimate of drug-likeness (QED) is 0.313. The molecule has 1 aliphatic carbocycles. The highest BCUT2D eigenvalue weighted by Gasteiger charge is 2.38. The summed E-state index contributed by atoms with van der Waals surface area (Å²) in [6, 6.07) is 1.11. The number of imidazole rings is 1. The molecule has 2 aromatic rings. The molecule has 1 N–H and O–H groups in total. The van der Waals surface area contributed by atoms with Crippen molar-refractivity contribution in [2.45, 2.75) is 88.6 Å². The Morgan fingerprint density at radius 2 is 2.00 bits per heavy atom. The van der Waals surface area contributed by atoms with Crippen LogP contribution in [0, 0.1) is 5.92 Å². The summed E-state index contributed by atoms with van der Waals surface area (Å²) in [4.78, 5) is 10.8. The zero-order chi connectivity index (χ0) is 27.7. The van der Waals surface area contributed by atoms with Gasteiger partial charge in [0, 0.05) is 37.5 Å². The lowest BCUT2D eigenvalue weighted by Gasteiger charge is -2.31. The van der Waals surface area contributed by atoms with Gasteiger partial charge in [-0.2, -0.15) is 13.2 Å². The van der Waals surface area contributed by atoms with Crippen LogP contribution in [0.25, 0.3) is 0 Å². The van der Waals surface area contributed by atoms with E-state index in [9.17, 15) is 22.7 Å². The number of aliphatic hydroxyl groups excluding tert-OH is 1. The van der Waals surface area contributed by atoms with Crippen molar-refractivity contribution < 1.29 is 32.1 Å². The molecule has 4 atom stereocenters. The van der Waals surface area contributed by atoms with Gasteiger partial charge in [-0.05, 0) is 50.2 Å². The van der Waals surface area contributed by atoms with Gasteiger partial charge in [0.15, 0.2) is 5.15 Å². The second-order valence-electron chi connectivity index (χ2n) is 10.5. The Bertz CT molecular complexity index is 1160. The van der Waals surface area contributed by atoms with Crippen molar-refractivity contribution in [1.82, 2.24) is 19.4 Å². The predicted octanol–water partition coefficient (Wildman–Crippen LogP) is 5.30. The van der Waals surface area contributed by atoms with Crippen LogP contribution in [0.15, 0.2) is 6.07 Å². The fourth-order valence-corrected chi connectivity index (χ4v) is 6.03. The lowest BCUT2D eigenvalue weighted by atomic mass is 9.88. The van der Waals surface area contributed by atoms with Gasteiger partial charge in [0.2, 0.25) is 5.88 Å². The molecule has 2 aromatic heterocycles. The summed E-state index contributed by atoms with van der Waals surface area (Å²) in [6.45, 7) is 2.07. The standard InChI is InChI=1S/C26H32Cl2F4N4O3/c27-17-2-1-16(20(29)10-17)14-39-25-19(26(30,31)32)9-15-3-6-35(11-21(15)33-25)12-23-34-24(28)22(13-37)36(23)7-4-18-5-8-38-18/h9,16-18,20,37H,1-8,10-14H2/t16?,17?,18-,20?/m1/s1. The lowest BCUT2D eigenvalue weighted by Crippen LogP contribution is -2.33. The molecule has 216 valence electrons. The third kappa shape index (κ3) is 6.64. The molecular weight excluding hydrogens is 563 g/mol. The number of pyridine rings is 1. The number of halogens is 6. The number of nitrogens with zero attached hydrogens (tertiary/aromatic N) is 4. The van der Waals surface area contributed by atoms with Crippen LogP contribution in [-0.2, 0) is 43.6 Å². The van der Waals surface area contributed by atoms with Gasteiger partial charge in [0.1, 0.15) is 17.6 Å². The third-order valence-electron chi connectivity index (χ3n) is 7.90. The van der Waals surface area contributed by atoms with E-state index in [4.69, 9.17) is 32.7 Å². The van der Waals surface area contributed by atoms with Gasteiger partial charge in [0.25, 0.3) is 0 Å². The Morgan fingerprint density at radius 1 is 1.21 bits per heavy atom. The number of alkyl halides is 5. The van der Waals surface area contributed by atoms with Gasteiger partial charge in [-0.15, -0.1) is 11.6 Å². The van der Waals surface area contributed by atoms with Crippen LogP contribution < -0.4 is 4.74 Å². The van der Waals surface area contributed by atoms with E-state index < -0.39 is 29.7 Å². The summed E-state index contributed by atoms with van der Waals surface area (Å²) in [5, 5.41) is 9.82. The summed E-state index contributed by atoms with van der Waals surface area (Å²) in [7, 11) is 0. The van der Waals surface area contributed by atoms with Crippen molar-refractivity contribution in [1.29, 1.82) is 0 Å². The van der Waals surface area contributed by atoms with E-state index in [-0.39, 0.29) is 42.8 Å². The molecule has 0 bridgehead atoms. The molecule has 0 aromatic carbocycles. The Morgan fingerprint density at radius 3 is 2.67 bits per heavy atom. The van der Waals surface area contributed by atoms with Gasteiger partial charge < -0.3 is 19.1 Å². The second kappa shape index (κ2) is 12.1. The van der Waals surface area contributed by atoms with E-state index in [0.29, 0.717) is 61.7 Å². The predicted molar refractivity (Wildman–Crippen MR) is 137 cm³/mol. The van der Waals surface area contributed by atoms with Crippen LogP contribution in [0.4, 0.5) is 17.6 Å². The highest BCUT2D eigenvalue weighted by Crippen LogP contribution is 2.39. The number of aliphatic hydroxyl groups is 1. The number of hydrogen-bond acceptors (Lipinski definition) is 6. The van der Waals surface area contributed by atoms with Gasteiger partial charge in [-0.3, -0.25) is 4.90 Å². The minimum absolute atomic E-state index is 0.166. The minimum Gasteiger partial charge on any atom is -0.477 e.